The van der Waals surface area contributed by atoms with E-state index in [4.69, 9.17) is 9.72 Å². The molecule has 1 amide bonds. The maximum absolute atomic E-state index is 13.6. The van der Waals surface area contributed by atoms with Crippen LogP contribution < -0.4 is 10.6 Å². The summed E-state index contributed by atoms with van der Waals surface area (Å²) in [6.45, 7) is 2.50. The van der Waals surface area contributed by atoms with Crippen LogP contribution in [0, 0.1) is 12.8 Å². The molecule has 2 aromatic heterocycles. The number of hydrogen-bond donors (Lipinski definition) is 2. The number of fused-ring (bicyclic) bond motifs is 1. The molecule has 1 aliphatic heterocycles. The molecule has 6 rings (SSSR count). The summed E-state index contributed by atoms with van der Waals surface area (Å²) in [6, 6.07) is 7.15. The molecule has 3 heterocycles. The van der Waals surface area contributed by atoms with E-state index in [1.54, 1.807) is 18.2 Å². The lowest BCUT2D eigenvalue weighted by molar-refractivity contribution is -0.117. The number of anilines is 3. The van der Waals surface area contributed by atoms with Crippen LogP contribution in [0.2, 0.25) is 0 Å². The van der Waals surface area contributed by atoms with Gasteiger partial charge in [0.05, 0.1) is 22.2 Å². The van der Waals surface area contributed by atoms with Gasteiger partial charge in [0.1, 0.15) is 29.6 Å². The van der Waals surface area contributed by atoms with Gasteiger partial charge in [-0.3, -0.25) is 9.36 Å². The van der Waals surface area contributed by atoms with Crippen molar-refractivity contribution in [1.29, 1.82) is 0 Å². The minimum absolute atomic E-state index is 0.206. The number of aryl methyl sites for hydroxylation is 1. The maximum atomic E-state index is 13.6. The van der Waals surface area contributed by atoms with E-state index < -0.39 is 27.8 Å². The minimum Gasteiger partial charge on any atom is -0.358 e. The highest BCUT2D eigenvalue weighted by Crippen LogP contribution is 2.40. The zero-order valence-corrected chi connectivity index (χ0v) is 22.4. The second kappa shape index (κ2) is 9.60. The number of aromatic nitrogens is 3. The first-order chi connectivity index (χ1) is 18.2. The largest absolute Gasteiger partial charge is 0.358 e. The summed E-state index contributed by atoms with van der Waals surface area (Å²) >= 11 is 0. The number of hydrogen-bond acceptors (Lipinski definition) is 7. The number of benzene rings is 1. The van der Waals surface area contributed by atoms with Crippen molar-refractivity contribution in [3.8, 4) is 0 Å². The van der Waals surface area contributed by atoms with Gasteiger partial charge in [0.25, 0.3) is 0 Å². The first-order valence-electron chi connectivity index (χ1n) is 13.3. The van der Waals surface area contributed by atoms with E-state index >= 15 is 0 Å². The van der Waals surface area contributed by atoms with Crippen molar-refractivity contribution in [1.82, 2.24) is 14.5 Å². The summed E-state index contributed by atoms with van der Waals surface area (Å²) in [5, 5.41) is 6.02. The number of nitrogens with zero attached hydrogens (tertiary/aromatic N) is 3. The Morgan fingerprint density at radius 2 is 1.89 bits per heavy atom. The first kappa shape index (κ1) is 25.2. The van der Waals surface area contributed by atoms with Gasteiger partial charge in [-0.1, -0.05) is 12.5 Å². The number of halogens is 1. The molecule has 1 unspecified atom stereocenters. The summed E-state index contributed by atoms with van der Waals surface area (Å²) < 4.78 is 47.1. The molecule has 0 spiro atoms. The highest BCUT2D eigenvalue weighted by molar-refractivity contribution is 7.90. The number of pyridine rings is 1. The molecule has 3 aliphatic rings. The molecular weight excluding hydrogens is 509 g/mol. The van der Waals surface area contributed by atoms with Gasteiger partial charge in [-0.25, -0.2) is 22.8 Å². The summed E-state index contributed by atoms with van der Waals surface area (Å²) in [5.41, 5.74) is 2.99. The summed E-state index contributed by atoms with van der Waals surface area (Å²) in [6.07, 6.45) is 6.11. The predicted molar refractivity (Wildman–Crippen MR) is 142 cm³/mol. The molecule has 0 bridgehead atoms. The molecule has 3 aromatic rings. The van der Waals surface area contributed by atoms with E-state index in [0.717, 1.165) is 44.1 Å². The lowest BCUT2D eigenvalue weighted by Gasteiger charge is -2.26. The number of nitrogens with one attached hydrogen (secondary N) is 2. The zero-order valence-electron chi connectivity index (χ0n) is 21.5. The molecule has 2 saturated carbocycles. The minimum atomic E-state index is -3.54. The second-order valence-corrected chi connectivity index (χ2v) is 12.7. The van der Waals surface area contributed by atoms with Gasteiger partial charge < -0.3 is 15.4 Å². The fourth-order valence-corrected chi connectivity index (χ4v) is 6.22. The molecule has 202 valence electrons. The smallest absolute Gasteiger partial charge is 0.231 e. The van der Waals surface area contributed by atoms with Crippen LogP contribution in [0.15, 0.2) is 29.2 Å². The summed E-state index contributed by atoms with van der Waals surface area (Å²) in [7, 11) is -3.54. The number of amides is 1. The van der Waals surface area contributed by atoms with Crippen molar-refractivity contribution in [2.75, 3.05) is 23.5 Å². The van der Waals surface area contributed by atoms with Gasteiger partial charge >= 0.3 is 0 Å². The molecule has 2 N–H and O–H groups in total. The predicted octanol–water partition coefficient (Wildman–Crippen LogP) is 5.15. The van der Waals surface area contributed by atoms with Crippen molar-refractivity contribution in [3.05, 3.63) is 35.7 Å². The monoisotopic (exact) mass is 541 g/mol. The van der Waals surface area contributed by atoms with Crippen LogP contribution in [0.3, 0.4) is 0 Å². The number of alkyl halides is 1. The molecule has 1 aromatic carbocycles. The van der Waals surface area contributed by atoms with Crippen molar-refractivity contribution in [2.45, 2.75) is 75.1 Å². The van der Waals surface area contributed by atoms with Crippen LogP contribution in [0.5, 0.6) is 0 Å². The molecule has 38 heavy (non-hydrogen) atoms. The Hall–Kier alpha value is -3.05. The van der Waals surface area contributed by atoms with Crippen LogP contribution in [-0.2, 0) is 19.4 Å². The summed E-state index contributed by atoms with van der Waals surface area (Å²) in [5.74, 6) is 0.227. The summed E-state index contributed by atoms with van der Waals surface area (Å²) in [4.78, 5) is 22.2. The van der Waals surface area contributed by atoms with E-state index in [0.29, 0.717) is 40.9 Å². The van der Waals surface area contributed by atoms with E-state index in [-0.39, 0.29) is 23.4 Å². The van der Waals surface area contributed by atoms with Gasteiger partial charge in [0, 0.05) is 18.9 Å². The Balaban J connectivity index is 1.44. The van der Waals surface area contributed by atoms with Gasteiger partial charge in [-0.05, 0) is 69.1 Å². The Morgan fingerprint density at radius 3 is 2.53 bits per heavy atom. The van der Waals surface area contributed by atoms with E-state index in [1.807, 2.05) is 17.6 Å². The zero-order chi connectivity index (χ0) is 26.6. The van der Waals surface area contributed by atoms with Gasteiger partial charge in [0.15, 0.2) is 15.5 Å². The van der Waals surface area contributed by atoms with Gasteiger partial charge in [0.2, 0.25) is 5.91 Å². The number of sulfone groups is 1. The van der Waals surface area contributed by atoms with E-state index in [2.05, 4.69) is 15.6 Å². The third-order valence-corrected chi connectivity index (χ3v) is 8.96. The highest BCUT2D eigenvalue weighted by Gasteiger charge is 2.44. The third kappa shape index (κ3) is 4.77. The second-order valence-electron chi connectivity index (χ2n) is 10.7. The van der Waals surface area contributed by atoms with Crippen molar-refractivity contribution < 1.29 is 22.3 Å². The van der Waals surface area contributed by atoms with Crippen LogP contribution in [0.25, 0.3) is 11.2 Å². The lowest BCUT2D eigenvalue weighted by Crippen LogP contribution is -2.20. The number of carbonyl (C=O) groups is 1. The van der Waals surface area contributed by atoms with E-state index in [9.17, 15) is 17.6 Å². The van der Waals surface area contributed by atoms with Crippen molar-refractivity contribution >= 4 is 44.1 Å². The number of ether oxygens (including phenoxy) is 1. The van der Waals surface area contributed by atoms with Crippen molar-refractivity contribution in [2.24, 2.45) is 5.92 Å². The van der Waals surface area contributed by atoms with Crippen LogP contribution >= 0.6 is 0 Å². The average molecular weight is 542 g/mol. The number of carbonyl (C=O) groups excluding carboxylic acids is 1. The third-order valence-electron chi connectivity index (χ3n) is 7.82. The Kier molecular flexibility index (Phi) is 6.38. The van der Waals surface area contributed by atoms with Crippen molar-refractivity contribution in [3.63, 3.8) is 0 Å². The standard InChI is InChI=1S/C27H32FN5O4S/c1-15-29-25-21(30-20-10-9-17(16-6-5-7-16)12-22(20)38(2,35)36)14-23(32-27(34)18-13-19(18)28)31-26(25)33(15)24-8-3-4-11-37-24/h9-10,12,14,16,18-19,24H,3-8,11,13H2,1-2H3,(H2,30,31,32,34)/t18-,19+,24?/m0/s1. The molecule has 11 heteroatoms. The van der Waals surface area contributed by atoms with Crippen LogP contribution in [0.1, 0.15) is 68.5 Å². The van der Waals surface area contributed by atoms with Crippen LogP contribution in [0.4, 0.5) is 21.6 Å². The van der Waals surface area contributed by atoms with Gasteiger partial charge in [-0.2, -0.15) is 0 Å². The number of rotatable bonds is 7. The Morgan fingerprint density at radius 1 is 1.11 bits per heavy atom. The fourth-order valence-electron chi connectivity index (χ4n) is 5.35. The maximum Gasteiger partial charge on any atom is 0.231 e. The Bertz CT molecular complexity index is 1510. The molecular formula is C27H32FN5O4S. The molecule has 3 atom stereocenters. The fraction of sp³-hybridized carbons (Fsp3) is 0.519. The van der Waals surface area contributed by atoms with Crippen LogP contribution in [-0.4, -0.2) is 47.9 Å². The molecule has 0 radical (unpaired) electrons. The lowest BCUT2D eigenvalue weighted by atomic mass is 9.80. The SMILES string of the molecule is Cc1nc2c(Nc3ccc(C4CCC4)cc3S(C)(=O)=O)cc(NC(=O)[C@H]3C[C@H]3F)nc2n1C1CCCCO1. The normalized spacial score (nSPS) is 23.7. The molecule has 9 nitrogen and oxygen atoms in total. The van der Waals surface area contributed by atoms with E-state index in [1.165, 1.54) is 6.26 Å². The average Bonchev–Trinajstić information content (AvgIpc) is 3.48. The molecule has 3 fully saturated rings. The molecule has 1 saturated heterocycles. The Labute approximate surface area is 221 Å². The van der Waals surface area contributed by atoms with Gasteiger partial charge in [-0.15, -0.1) is 0 Å². The number of imidazole rings is 1. The first-order valence-corrected chi connectivity index (χ1v) is 15.2. The topological polar surface area (TPSA) is 115 Å². The highest BCUT2D eigenvalue weighted by atomic mass is 32.2. The molecule has 2 aliphatic carbocycles. The quantitative estimate of drug-likeness (QED) is 0.425.